The Morgan fingerprint density at radius 2 is 1.90 bits per heavy atom. The minimum Gasteiger partial charge on any atom is -0.357 e. The third-order valence-corrected chi connectivity index (χ3v) is 5.14. The summed E-state index contributed by atoms with van der Waals surface area (Å²) in [7, 11) is 3.62. The van der Waals surface area contributed by atoms with Crippen LogP contribution < -0.4 is 10.6 Å². The largest absolute Gasteiger partial charge is 0.357 e. The van der Waals surface area contributed by atoms with Gasteiger partial charge in [0.2, 0.25) is 0 Å². The molecule has 162 valence electrons. The van der Waals surface area contributed by atoms with Crippen molar-refractivity contribution < 1.29 is 8.78 Å². The third-order valence-electron chi connectivity index (χ3n) is 5.14. The van der Waals surface area contributed by atoms with Crippen LogP contribution in [0.1, 0.15) is 38.3 Å². The SMILES string of the molecule is C=C(C)CN1CCC(NC(=NCC(c2c(F)cccc2F)N(C)C)NCC)CC1. The summed E-state index contributed by atoms with van der Waals surface area (Å²) in [6.45, 7) is 12.0. The molecule has 1 unspecified atom stereocenters. The van der Waals surface area contributed by atoms with Crippen LogP contribution in [0.4, 0.5) is 8.78 Å². The van der Waals surface area contributed by atoms with Crippen LogP contribution in [0.15, 0.2) is 35.3 Å². The summed E-state index contributed by atoms with van der Waals surface area (Å²) in [6, 6.07) is 3.82. The van der Waals surface area contributed by atoms with Gasteiger partial charge >= 0.3 is 0 Å². The van der Waals surface area contributed by atoms with E-state index in [9.17, 15) is 8.78 Å². The van der Waals surface area contributed by atoms with Crippen LogP contribution in [0.25, 0.3) is 0 Å². The molecule has 0 bridgehead atoms. The van der Waals surface area contributed by atoms with E-state index in [-0.39, 0.29) is 12.1 Å². The standard InChI is InChI=1S/C22H35F2N5/c1-6-25-22(27-17-10-12-29(13-11-17)15-16(2)3)26-14-20(28(4)5)21-18(23)8-7-9-19(21)24/h7-9,17,20H,2,6,10-15H2,1,3-5H3,(H2,25,26,27). The number of halogens is 2. The Kier molecular flexibility index (Phi) is 9.04. The lowest BCUT2D eigenvalue weighted by Gasteiger charge is -2.33. The van der Waals surface area contributed by atoms with Gasteiger partial charge in [-0.25, -0.2) is 8.78 Å². The summed E-state index contributed by atoms with van der Waals surface area (Å²) in [5, 5.41) is 6.74. The van der Waals surface area contributed by atoms with Crippen molar-refractivity contribution in [2.75, 3.05) is 46.8 Å². The number of likely N-dealkylation sites (tertiary alicyclic amines) is 1. The molecule has 1 atom stereocenters. The first-order valence-electron chi connectivity index (χ1n) is 10.3. The van der Waals surface area contributed by atoms with E-state index in [0.717, 1.165) is 39.0 Å². The van der Waals surface area contributed by atoms with Gasteiger partial charge in [0.1, 0.15) is 11.6 Å². The van der Waals surface area contributed by atoms with Crippen LogP contribution in [0.5, 0.6) is 0 Å². The maximum atomic E-state index is 14.3. The molecule has 5 nitrogen and oxygen atoms in total. The molecular formula is C22H35F2N5. The number of rotatable bonds is 8. The lowest BCUT2D eigenvalue weighted by Crippen LogP contribution is -2.49. The van der Waals surface area contributed by atoms with Gasteiger partial charge in [0, 0.05) is 37.8 Å². The molecule has 1 fully saturated rings. The number of benzene rings is 1. The smallest absolute Gasteiger partial charge is 0.191 e. The van der Waals surface area contributed by atoms with E-state index in [1.165, 1.54) is 23.8 Å². The van der Waals surface area contributed by atoms with Crippen LogP contribution in [0, 0.1) is 11.6 Å². The zero-order chi connectivity index (χ0) is 21.4. The molecule has 1 aliphatic heterocycles. The Morgan fingerprint density at radius 3 is 2.41 bits per heavy atom. The quantitative estimate of drug-likeness (QED) is 0.395. The van der Waals surface area contributed by atoms with E-state index in [4.69, 9.17) is 0 Å². The van der Waals surface area contributed by atoms with Crippen molar-refractivity contribution in [3.05, 3.63) is 47.5 Å². The maximum Gasteiger partial charge on any atom is 0.191 e. The van der Waals surface area contributed by atoms with Crippen molar-refractivity contribution in [3.8, 4) is 0 Å². The lowest BCUT2D eigenvalue weighted by molar-refractivity contribution is 0.221. The monoisotopic (exact) mass is 407 g/mol. The molecule has 0 aliphatic carbocycles. The molecule has 1 heterocycles. The molecule has 1 saturated heterocycles. The number of piperidine rings is 1. The molecule has 2 rings (SSSR count). The molecule has 2 N–H and O–H groups in total. The summed E-state index contributed by atoms with van der Waals surface area (Å²) in [4.78, 5) is 8.85. The maximum absolute atomic E-state index is 14.3. The molecule has 1 aliphatic rings. The van der Waals surface area contributed by atoms with Crippen molar-refractivity contribution in [1.29, 1.82) is 0 Å². The molecule has 0 amide bonds. The molecule has 29 heavy (non-hydrogen) atoms. The van der Waals surface area contributed by atoms with Crippen molar-refractivity contribution in [1.82, 2.24) is 20.4 Å². The van der Waals surface area contributed by atoms with Crippen molar-refractivity contribution in [3.63, 3.8) is 0 Å². The van der Waals surface area contributed by atoms with Gasteiger partial charge in [0.05, 0.1) is 12.6 Å². The first kappa shape index (κ1) is 23.3. The van der Waals surface area contributed by atoms with Gasteiger partial charge in [-0.1, -0.05) is 18.2 Å². The highest BCUT2D eigenvalue weighted by molar-refractivity contribution is 5.80. The fourth-order valence-corrected chi connectivity index (χ4v) is 3.65. The first-order valence-corrected chi connectivity index (χ1v) is 10.3. The van der Waals surface area contributed by atoms with Gasteiger partial charge < -0.3 is 15.5 Å². The fourth-order valence-electron chi connectivity index (χ4n) is 3.65. The average Bonchev–Trinajstić information content (AvgIpc) is 2.65. The second kappa shape index (κ2) is 11.3. The van der Waals surface area contributed by atoms with Gasteiger partial charge in [-0.15, -0.1) is 0 Å². The second-order valence-electron chi connectivity index (χ2n) is 7.99. The summed E-state index contributed by atoms with van der Waals surface area (Å²) < 4.78 is 28.6. The minimum atomic E-state index is -0.540. The number of nitrogens with one attached hydrogen (secondary N) is 2. The predicted octanol–water partition coefficient (Wildman–Crippen LogP) is 3.16. The second-order valence-corrected chi connectivity index (χ2v) is 7.99. The summed E-state index contributed by atoms with van der Waals surface area (Å²) >= 11 is 0. The van der Waals surface area contributed by atoms with E-state index >= 15 is 0 Å². The summed E-state index contributed by atoms with van der Waals surface area (Å²) in [6.07, 6.45) is 2.05. The number of guanidine groups is 1. The minimum absolute atomic E-state index is 0.0604. The Morgan fingerprint density at radius 1 is 1.28 bits per heavy atom. The van der Waals surface area contributed by atoms with Gasteiger partial charge in [0.15, 0.2) is 5.96 Å². The summed E-state index contributed by atoms with van der Waals surface area (Å²) in [5.41, 5.74) is 1.24. The zero-order valence-corrected chi connectivity index (χ0v) is 18.1. The highest BCUT2D eigenvalue weighted by Crippen LogP contribution is 2.24. The van der Waals surface area contributed by atoms with Crippen LogP contribution in [-0.2, 0) is 0 Å². The van der Waals surface area contributed by atoms with Crippen molar-refractivity contribution in [2.45, 2.75) is 38.8 Å². The molecule has 7 heteroatoms. The van der Waals surface area contributed by atoms with Crippen LogP contribution in [-0.4, -0.2) is 68.6 Å². The zero-order valence-electron chi connectivity index (χ0n) is 18.1. The van der Waals surface area contributed by atoms with E-state index in [0.29, 0.717) is 12.0 Å². The molecule has 0 saturated carbocycles. The highest BCUT2D eigenvalue weighted by atomic mass is 19.1. The number of hydrogen-bond donors (Lipinski definition) is 2. The number of aliphatic imine (C=N–C) groups is 1. The number of hydrogen-bond acceptors (Lipinski definition) is 3. The molecule has 0 spiro atoms. The Hall–Kier alpha value is -1.99. The number of nitrogens with zero attached hydrogens (tertiary/aromatic N) is 3. The average molecular weight is 408 g/mol. The van der Waals surface area contributed by atoms with Crippen molar-refractivity contribution >= 4 is 5.96 Å². The summed E-state index contributed by atoms with van der Waals surface area (Å²) in [5.74, 6) is -0.391. The molecule has 0 aromatic heterocycles. The topological polar surface area (TPSA) is 42.9 Å². The lowest BCUT2D eigenvalue weighted by atomic mass is 10.0. The van der Waals surface area contributed by atoms with E-state index < -0.39 is 17.7 Å². The van der Waals surface area contributed by atoms with E-state index in [1.807, 2.05) is 21.0 Å². The van der Waals surface area contributed by atoms with Gasteiger partial charge in [-0.3, -0.25) is 9.89 Å². The van der Waals surface area contributed by atoms with Gasteiger partial charge in [0.25, 0.3) is 0 Å². The van der Waals surface area contributed by atoms with E-state index in [2.05, 4.69) is 34.0 Å². The van der Waals surface area contributed by atoms with Gasteiger partial charge in [-0.05, 0) is 52.9 Å². The number of likely N-dealkylation sites (N-methyl/N-ethyl adjacent to an activating group) is 1. The van der Waals surface area contributed by atoms with Crippen molar-refractivity contribution in [2.24, 2.45) is 4.99 Å². The Bertz CT molecular complexity index is 676. The van der Waals surface area contributed by atoms with Crippen LogP contribution in [0.3, 0.4) is 0 Å². The fraction of sp³-hybridized carbons (Fsp3) is 0.591. The molecule has 1 aromatic rings. The normalized spacial score (nSPS) is 17.4. The van der Waals surface area contributed by atoms with E-state index in [1.54, 1.807) is 4.90 Å². The highest BCUT2D eigenvalue weighted by Gasteiger charge is 2.23. The van der Waals surface area contributed by atoms with Gasteiger partial charge in [-0.2, -0.15) is 0 Å². The van der Waals surface area contributed by atoms with Crippen LogP contribution >= 0.6 is 0 Å². The predicted molar refractivity (Wildman–Crippen MR) is 116 cm³/mol. The molecular weight excluding hydrogens is 372 g/mol. The Labute approximate surface area is 173 Å². The molecule has 0 radical (unpaired) electrons. The third kappa shape index (κ3) is 7.08. The Balaban J connectivity index is 2.04. The first-order chi connectivity index (χ1) is 13.8. The molecule has 1 aromatic carbocycles. The van der Waals surface area contributed by atoms with Crippen LogP contribution in [0.2, 0.25) is 0 Å².